The summed E-state index contributed by atoms with van der Waals surface area (Å²) < 4.78 is 0. The Labute approximate surface area is 120 Å². The first kappa shape index (κ1) is 12.1. The summed E-state index contributed by atoms with van der Waals surface area (Å²) in [6.45, 7) is 2.88. The Kier molecular flexibility index (Phi) is 2.68. The lowest BCUT2D eigenvalue weighted by atomic mass is 9.94. The Morgan fingerprint density at radius 1 is 1.20 bits per heavy atom. The Balaban J connectivity index is 2.04. The van der Waals surface area contributed by atoms with Crippen molar-refractivity contribution in [3.8, 4) is 0 Å². The summed E-state index contributed by atoms with van der Waals surface area (Å²) in [6.07, 6.45) is 0.707. The largest absolute Gasteiger partial charge is 0.380 e. The van der Waals surface area contributed by atoms with Crippen LogP contribution in [0.15, 0.2) is 42.0 Å². The van der Waals surface area contributed by atoms with Gasteiger partial charge in [-0.25, -0.2) is 0 Å². The Hall–Kier alpha value is -1.66. The molecule has 0 aliphatic carbocycles. The molecule has 2 aromatic rings. The molecule has 0 fully saturated rings. The van der Waals surface area contributed by atoms with Crippen molar-refractivity contribution < 1.29 is 4.79 Å². The van der Waals surface area contributed by atoms with Crippen molar-refractivity contribution in [2.75, 3.05) is 11.9 Å². The van der Waals surface area contributed by atoms with Gasteiger partial charge >= 0.3 is 0 Å². The van der Waals surface area contributed by atoms with Gasteiger partial charge in [-0.15, -0.1) is 0 Å². The van der Waals surface area contributed by atoms with Gasteiger partial charge in [0.1, 0.15) is 0 Å². The van der Waals surface area contributed by atoms with Crippen molar-refractivity contribution in [1.29, 1.82) is 0 Å². The number of benzene rings is 2. The molecule has 4 rings (SSSR count). The molecule has 1 N–H and O–H groups in total. The zero-order valence-corrected chi connectivity index (χ0v) is 12.4. The van der Waals surface area contributed by atoms with Gasteiger partial charge < -0.3 is 5.32 Å². The van der Waals surface area contributed by atoms with Crippen LogP contribution < -0.4 is 5.32 Å². The predicted octanol–water partition coefficient (Wildman–Crippen LogP) is 4.02. The smallest absolute Gasteiger partial charge is 0.161 e. The summed E-state index contributed by atoms with van der Waals surface area (Å²) in [5.41, 5.74) is 3.94. The van der Waals surface area contributed by atoms with E-state index in [1.807, 2.05) is 0 Å². The number of hydrogen-bond donors (Lipinski definition) is 1. The predicted molar refractivity (Wildman–Crippen MR) is 86.8 cm³/mol. The maximum atomic E-state index is 12.3. The average molecular weight is 281 g/mol. The van der Waals surface area contributed by atoms with Crippen LogP contribution in [0.4, 0.5) is 5.69 Å². The van der Waals surface area contributed by atoms with Crippen LogP contribution in [-0.4, -0.2) is 18.0 Å². The number of nitrogens with one attached hydrogen (secondary N) is 1. The van der Waals surface area contributed by atoms with Crippen LogP contribution in [0.2, 0.25) is 0 Å². The van der Waals surface area contributed by atoms with E-state index in [4.69, 9.17) is 0 Å². The zero-order chi connectivity index (χ0) is 13.7. The number of carbonyl (C=O) groups is 1. The van der Waals surface area contributed by atoms with Crippen LogP contribution >= 0.6 is 8.58 Å². The minimum atomic E-state index is 0.331. The zero-order valence-electron chi connectivity index (χ0n) is 11.4. The second kappa shape index (κ2) is 4.43. The topological polar surface area (TPSA) is 29.1 Å². The monoisotopic (exact) mass is 281 g/mol. The van der Waals surface area contributed by atoms with E-state index in [0.29, 0.717) is 24.4 Å². The first-order valence-corrected chi connectivity index (χ1v) is 8.10. The van der Waals surface area contributed by atoms with Gasteiger partial charge in [-0.1, -0.05) is 45.8 Å². The molecular weight excluding hydrogens is 265 g/mol. The normalized spacial score (nSPS) is 22.6. The van der Waals surface area contributed by atoms with Crippen molar-refractivity contribution in [3.63, 3.8) is 0 Å². The second-order valence-corrected chi connectivity index (χ2v) is 7.36. The van der Waals surface area contributed by atoms with E-state index >= 15 is 0 Å². The van der Waals surface area contributed by atoms with Crippen molar-refractivity contribution >= 4 is 36.1 Å². The quantitative estimate of drug-likeness (QED) is 0.739. The van der Waals surface area contributed by atoms with Crippen molar-refractivity contribution in [2.24, 2.45) is 0 Å². The molecule has 2 aromatic carbocycles. The molecule has 20 heavy (non-hydrogen) atoms. The molecule has 2 nitrogen and oxygen atoms in total. The number of fused-ring (bicyclic) bond motifs is 4. The van der Waals surface area contributed by atoms with Gasteiger partial charge in [0.15, 0.2) is 5.78 Å². The summed E-state index contributed by atoms with van der Waals surface area (Å²) in [7, 11) is 0.740. The van der Waals surface area contributed by atoms with E-state index in [-0.39, 0.29) is 0 Å². The molecular formula is C17H16NOP. The molecule has 2 aliphatic rings. The van der Waals surface area contributed by atoms with Gasteiger partial charge in [-0.3, -0.25) is 4.79 Å². The van der Waals surface area contributed by atoms with E-state index in [2.05, 4.69) is 48.6 Å². The van der Waals surface area contributed by atoms with Gasteiger partial charge in [0.05, 0.1) is 0 Å². The highest BCUT2D eigenvalue weighted by molar-refractivity contribution is 7.51. The number of carbonyl (C=O) groups excluding carboxylic acids is 1. The summed E-state index contributed by atoms with van der Waals surface area (Å²) in [5.74, 6) is 0.331. The molecule has 2 heterocycles. The Morgan fingerprint density at radius 2 is 2.05 bits per heavy atom. The lowest BCUT2D eigenvalue weighted by Gasteiger charge is -2.31. The van der Waals surface area contributed by atoms with Crippen LogP contribution in [0.3, 0.4) is 0 Å². The van der Waals surface area contributed by atoms with E-state index in [1.165, 1.54) is 27.3 Å². The van der Waals surface area contributed by atoms with Gasteiger partial charge in [0, 0.05) is 29.8 Å². The fourth-order valence-corrected chi connectivity index (χ4v) is 4.80. The molecule has 0 bridgehead atoms. The third-order valence-electron chi connectivity index (χ3n) is 4.16. The van der Waals surface area contributed by atoms with Crippen LogP contribution in [0.1, 0.15) is 18.9 Å². The molecule has 0 aromatic heterocycles. The van der Waals surface area contributed by atoms with Crippen molar-refractivity contribution in [3.05, 3.63) is 47.5 Å². The molecule has 0 radical (unpaired) electrons. The molecule has 0 saturated carbocycles. The molecule has 0 saturated heterocycles. The van der Waals surface area contributed by atoms with E-state index in [0.717, 1.165) is 14.2 Å². The Morgan fingerprint density at radius 3 is 2.95 bits per heavy atom. The van der Waals surface area contributed by atoms with Gasteiger partial charge in [-0.05, 0) is 27.8 Å². The van der Waals surface area contributed by atoms with Crippen molar-refractivity contribution in [2.45, 2.75) is 19.0 Å². The van der Waals surface area contributed by atoms with Crippen LogP contribution in [-0.2, 0) is 4.79 Å². The molecule has 100 valence electrons. The lowest BCUT2D eigenvalue weighted by Crippen LogP contribution is -2.24. The summed E-state index contributed by atoms with van der Waals surface area (Å²) in [5, 5.41) is 7.24. The van der Waals surface area contributed by atoms with Crippen LogP contribution in [0, 0.1) is 0 Å². The molecule has 2 atom stereocenters. The first-order chi connectivity index (χ1) is 9.74. The number of rotatable bonds is 0. The highest BCUT2D eigenvalue weighted by Crippen LogP contribution is 2.51. The van der Waals surface area contributed by atoms with Crippen LogP contribution in [0.25, 0.3) is 16.1 Å². The van der Waals surface area contributed by atoms with E-state index < -0.39 is 0 Å². The third kappa shape index (κ3) is 1.72. The molecule has 3 heteroatoms. The summed E-state index contributed by atoms with van der Waals surface area (Å²) in [4.78, 5) is 12.3. The number of ketones is 1. The second-order valence-electron chi connectivity index (χ2n) is 5.59. The van der Waals surface area contributed by atoms with E-state index in [9.17, 15) is 4.79 Å². The highest BCUT2D eigenvalue weighted by Gasteiger charge is 2.30. The van der Waals surface area contributed by atoms with E-state index in [1.54, 1.807) is 0 Å². The minimum absolute atomic E-state index is 0.331. The molecule has 2 unspecified atom stereocenters. The average Bonchev–Trinajstić information content (AvgIpc) is 2.46. The lowest BCUT2D eigenvalue weighted by molar-refractivity contribution is -0.115. The van der Waals surface area contributed by atoms with Crippen LogP contribution in [0.5, 0.6) is 0 Å². The summed E-state index contributed by atoms with van der Waals surface area (Å²) >= 11 is 0. The molecule has 0 spiro atoms. The fraction of sp³-hybridized carbons (Fsp3) is 0.235. The number of hydrogen-bond acceptors (Lipinski definition) is 2. The maximum absolute atomic E-state index is 12.3. The Bertz CT molecular complexity index is 763. The van der Waals surface area contributed by atoms with Gasteiger partial charge in [0.2, 0.25) is 0 Å². The number of Topliss-reactive ketones (excluding diaryl/α,β-unsaturated/α-hetero) is 1. The standard InChI is InChI=1S/C17H16NOP/c1-10-8-15(19)13-9-18-14-7-6-11-4-2-3-5-12(11)16(14)17(13)20-10/h2-7,10,18,20H,8-9H2,1H3. The third-order valence-corrected chi connectivity index (χ3v) is 5.69. The van der Waals surface area contributed by atoms with Gasteiger partial charge in [0.25, 0.3) is 0 Å². The summed E-state index contributed by atoms with van der Waals surface area (Å²) in [6, 6.07) is 12.8. The fourth-order valence-electron chi connectivity index (χ4n) is 3.21. The maximum Gasteiger partial charge on any atom is 0.161 e. The molecule has 0 amide bonds. The first-order valence-electron chi connectivity index (χ1n) is 7.03. The minimum Gasteiger partial charge on any atom is -0.380 e. The van der Waals surface area contributed by atoms with Gasteiger partial charge in [-0.2, -0.15) is 0 Å². The SMILES string of the molecule is CC1CC(=O)C2=C(P1)c1c(ccc3ccccc13)NC2. The van der Waals surface area contributed by atoms with Crippen molar-refractivity contribution in [1.82, 2.24) is 0 Å². The molecule has 2 aliphatic heterocycles. The number of anilines is 1. The highest BCUT2D eigenvalue weighted by atomic mass is 31.1.